The third-order valence-electron chi connectivity index (χ3n) is 4.16. The number of pyridine rings is 1. The molecule has 3 heterocycles. The first kappa shape index (κ1) is 18.5. The number of nitrogens with zero attached hydrogens (tertiary/aromatic N) is 3. The zero-order valence-electron chi connectivity index (χ0n) is 14.3. The van der Waals surface area contributed by atoms with Gasteiger partial charge in [-0.25, -0.2) is 9.48 Å². The number of carboxylic acid groups (broad SMARTS) is 1. The van der Waals surface area contributed by atoms with Crippen LogP contribution in [0, 0.1) is 5.92 Å². The highest BCUT2D eigenvalue weighted by molar-refractivity contribution is 5.96. The molecule has 27 heavy (non-hydrogen) atoms. The normalized spacial score (nSPS) is 20.8. The molecule has 0 aliphatic carbocycles. The van der Waals surface area contributed by atoms with E-state index in [2.05, 4.69) is 20.7 Å². The van der Waals surface area contributed by atoms with Gasteiger partial charge in [0.15, 0.2) is 0 Å². The van der Waals surface area contributed by atoms with Gasteiger partial charge in [-0.05, 0) is 18.6 Å². The molecule has 1 aliphatic rings. The van der Waals surface area contributed by atoms with E-state index >= 15 is 0 Å². The molecular formula is C17H17F2N5O3. The number of alkyl halides is 2. The third-order valence-corrected chi connectivity index (χ3v) is 4.16. The lowest BCUT2D eigenvalue weighted by molar-refractivity contribution is -0.118. The Morgan fingerprint density at radius 1 is 1.48 bits per heavy atom. The van der Waals surface area contributed by atoms with Gasteiger partial charge in [0.05, 0.1) is 35.2 Å². The van der Waals surface area contributed by atoms with Crippen LogP contribution in [0.15, 0.2) is 36.7 Å². The molecule has 0 saturated heterocycles. The van der Waals surface area contributed by atoms with Crippen molar-refractivity contribution in [2.45, 2.75) is 25.9 Å². The second kappa shape index (κ2) is 7.52. The lowest BCUT2D eigenvalue weighted by atomic mass is 10.0. The van der Waals surface area contributed by atoms with Crippen LogP contribution in [0.4, 0.5) is 19.3 Å². The summed E-state index contributed by atoms with van der Waals surface area (Å²) >= 11 is 0. The lowest BCUT2D eigenvalue weighted by Crippen LogP contribution is -2.27. The Bertz CT molecular complexity index is 896. The highest BCUT2D eigenvalue weighted by atomic mass is 19.3. The van der Waals surface area contributed by atoms with Crippen molar-refractivity contribution in [3.63, 3.8) is 0 Å². The topological polar surface area (TPSA) is 109 Å². The van der Waals surface area contributed by atoms with E-state index in [1.54, 1.807) is 19.1 Å². The number of anilines is 1. The highest BCUT2D eigenvalue weighted by Gasteiger charge is 2.24. The average Bonchev–Trinajstić information content (AvgIpc) is 3.03. The molecule has 2 aromatic rings. The molecule has 0 saturated carbocycles. The zero-order chi connectivity index (χ0) is 19.6. The maximum absolute atomic E-state index is 13.4. The van der Waals surface area contributed by atoms with Crippen molar-refractivity contribution >= 4 is 17.7 Å². The Morgan fingerprint density at radius 3 is 2.96 bits per heavy atom. The smallest absolute Gasteiger partial charge is 0.405 e. The largest absolute Gasteiger partial charge is 0.465 e. The van der Waals surface area contributed by atoms with Crippen LogP contribution in [0.1, 0.15) is 31.6 Å². The molecule has 0 aromatic carbocycles. The number of halogens is 2. The molecule has 3 N–H and O–H groups in total. The van der Waals surface area contributed by atoms with Gasteiger partial charge in [0, 0.05) is 11.8 Å². The van der Waals surface area contributed by atoms with Crippen LogP contribution in [0.2, 0.25) is 0 Å². The summed E-state index contributed by atoms with van der Waals surface area (Å²) in [6, 6.07) is 2.31. The zero-order valence-corrected chi connectivity index (χ0v) is 14.3. The van der Waals surface area contributed by atoms with Crippen LogP contribution in [-0.2, 0) is 4.79 Å². The molecule has 0 spiro atoms. The number of aromatic nitrogens is 3. The molecule has 10 heteroatoms. The van der Waals surface area contributed by atoms with Crippen molar-refractivity contribution in [2.75, 3.05) is 5.32 Å². The number of hydrogen-bond donors (Lipinski definition) is 3. The van der Waals surface area contributed by atoms with Gasteiger partial charge in [0.1, 0.15) is 0 Å². The molecule has 8 nitrogen and oxygen atoms in total. The fraction of sp³-hybridized carbons (Fsp3) is 0.294. The van der Waals surface area contributed by atoms with Crippen molar-refractivity contribution in [2.24, 2.45) is 5.92 Å². The second-order valence-electron chi connectivity index (χ2n) is 6.04. The molecule has 2 bridgehead atoms. The summed E-state index contributed by atoms with van der Waals surface area (Å²) in [5, 5.41) is 17.7. The van der Waals surface area contributed by atoms with Crippen LogP contribution in [0.5, 0.6) is 0 Å². The minimum atomic E-state index is -2.92. The molecular weight excluding hydrogens is 360 g/mol. The molecule has 3 rings (SSSR count). The molecule has 1 aliphatic heterocycles. The summed E-state index contributed by atoms with van der Waals surface area (Å²) in [6.07, 6.45) is 4.87. The lowest BCUT2D eigenvalue weighted by Gasteiger charge is -2.18. The van der Waals surface area contributed by atoms with Gasteiger partial charge in [0.2, 0.25) is 5.91 Å². The predicted molar refractivity (Wildman–Crippen MR) is 92.2 cm³/mol. The summed E-state index contributed by atoms with van der Waals surface area (Å²) in [4.78, 5) is 27.6. The van der Waals surface area contributed by atoms with E-state index in [1.165, 1.54) is 18.3 Å². The van der Waals surface area contributed by atoms with Crippen molar-refractivity contribution < 1.29 is 23.5 Å². The van der Waals surface area contributed by atoms with E-state index in [9.17, 15) is 18.4 Å². The van der Waals surface area contributed by atoms with Gasteiger partial charge in [-0.1, -0.05) is 19.1 Å². The van der Waals surface area contributed by atoms with Crippen molar-refractivity contribution in [3.8, 4) is 11.3 Å². The number of amides is 2. The molecule has 0 unspecified atom stereocenters. The SMILES string of the molecule is C[C@@H]1/C=C/C[C@H](NC(=O)O)c2cc(ccn2)-c2c(cnn2C(F)F)NC1=O. The first-order valence-electron chi connectivity index (χ1n) is 8.15. The highest BCUT2D eigenvalue weighted by Crippen LogP contribution is 2.33. The summed E-state index contributed by atoms with van der Waals surface area (Å²) in [5.74, 6) is -0.942. The van der Waals surface area contributed by atoms with Crippen LogP contribution < -0.4 is 10.6 Å². The first-order valence-corrected chi connectivity index (χ1v) is 8.15. The van der Waals surface area contributed by atoms with E-state index in [0.29, 0.717) is 15.9 Å². The number of nitrogens with one attached hydrogen (secondary N) is 2. The number of rotatable bonds is 2. The quantitative estimate of drug-likeness (QED) is 0.697. The first-order chi connectivity index (χ1) is 12.9. The van der Waals surface area contributed by atoms with Crippen LogP contribution in [0.3, 0.4) is 0 Å². The fourth-order valence-corrected chi connectivity index (χ4v) is 2.83. The molecule has 0 fully saturated rings. The second-order valence-corrected chi connectivity index (χ2v) is 6.04. The number of carbonyl (C=O) groups excluding carboxylic acids is 1. The van der Waals surface area contributed by atoms with Crippen LogP contribution >= 0.6 is 0 Å². The standard InChI is InChI=1S/C17H17F2N5O3/c1-9-3-2-4-11(23-17(26)27)12-7-10(5-6-20-12)14-13(22-15(9)25)8-21-24(14)16(18)19/h2-3,5-9,11,16,23H,4H2,1H3,(H,22,25)(H,26,27)/b3-2+/t9-,11+/m1/s1. The van der Waals surface area contributed by atoms with E-state index in [4.69, 9.17) is 5.11 Å². The Morgan fingerprint density at radius 2 is 2.26 bits per heavy atom. The molecule has 0 radical (unpaired) electrons. The van der Waals surface area contributed by atoms with E-state index < -0.39 is 24.6 Å². The average molecular weight is 377 g/mol. The summed E-state index contributed by atoms with van der Waals surface area (Å²) < 4.78 is 27.3. The van der Waals surface area contributed by atoms with Gasteiger partial charge in [0.25, 0.3) is 0 Å². The number of carbonyl (C=O) groups is 2. The monoisotopic (exact) mass is 377 g/mol. The Balaban J connectivity index is 2.17. The number of fused-ring (bicyclic) bond motifs is 4. The van der Waals surface area contributed by atoms with Crippen LogP contribution in [-0.4, -0.2) is 31.9 Å². The maximum atomic E-state index is 13.4. The third kappa shape index (κ3) is 3.94. The summed E-state index contributed by atoms with van der Waals surface area (Å²) in [6.45, 7) is -1.27. The Kier molecular flexibility index (Phi) is 5.15. The van der Waals surface area contributed by atoms with E-state index in [-0.39, 0.29) is 23.7 Å². The minimum absolute atomic E-state index is 0.0211. The van der Waals surface area contributed by atoms with E-state index in [0.717, 1.165) is 6.20 Å². The van der Waals surface area contributed by atoms with Crippen molar-refractivity contribution in [1.82, 2.24) is 20.1 Å². The fourth-order valence-electron chi connectivity index (χ4n) is 2.83. The van der Waals surface area contributed by atoms with Gasteiger partial charge in [-0.15, -0.1) is 0 Å². The van der Waals surface area contributed by atoms with Gasteiger partial charge in [-0.3, -0.25) is 9.78 Å². The van der Waals surface area contributed by atoms with Gasteiger partial charge >= 0.3 is 12.6 Å². The molecule has 2 aromatic heterocycles. The van der Waals surface area contributed by atoms with Gasteiger partial charge in [-0.2, -0.15) is 13.9 Å². The Hall–Kier alpha value is -3.30. The van der Waals surface area contributed by atoms with Gasteiger partial charge < -0.3 is 15.7 Å². The summed E-state index contributed by atoms with van der Waals surface area (Å²) in [5.41, 5.74) is 0.864. The predicted octanol–water partition coefficient (Wildman–Crippen LogP) is 3.18. The van der Waals surface area contributed by atoms with Crippen LogP contribution in [0.25, 0.3) is 11.3 Å². The summed E-state index contributed by atoms with van der Waals surface area (Å²) in [7, 11) is 0. The van der Waals surface area contributed by atoms with Crippen molar-refractivity contribution in [1.29, 1.82) is 0 Å². The number of hydrogen-bond acceptors (Lipinski definition) is 4. The van der Waals surface area contributed by atoms with E-state index in [1.807, 2.05) is 0 Å². The molecule has 2 atom stereocenters. The molecule has 142 valence electrons. The Labute approximate surface area is 152 Å². The maximum Gasteiger partial charge on any atom is 0.405 e. The minimum Gasteiger partial charge on any atom is -0.465 e. The molecule has 2 amide bonds. The van der Waals surface area contributed by atoms with Crippen molar-refractivity contribution in [3.05, 3.63) is 42.4 Å².